The molecule has 2 unspecified atom stereocenters. The lowest BCUT2D eigenvalue weighted by atomic mass is 9.79. The summed E-state index contributed by atoms with van der Waals surface area (Å²) in [5, 5.41) is 0. The van der Waals surface area contributed by atoms with Gasteiger partial charge in [-0.15, -0.1) is 13.2 Å². The number of allylic oxidation sites excluding steroid dienone is 4. The fourth-order valence-corrected chi connectivity index (χ4v) is 4.00. The first-order valence-corrected chi connectivity index (χ1v) is 5.75. The van der Waals surface area contributed by atoms with E-state index in [0.29, 0.717) is 29.5 Å². The molecular formula is C14H16O. The Morgan fingerprint density at radius 1 is 1.07 bits per heavy atom. The van der Waals surface area contributed by atoms with Gasteiger partial charge in [0.05, 0.1) is 0 Å². The Hall–Kier alpha value is -1.11. The summed E-state index contributed by atoms with van der Waals surface area (Å²) < 4.78 is 0. The SMILES string of the molecule is C=C[C@@H]1C[C@H](C=C)[C@H]2C3C=CC(C3=O)[C@H]21. The molecule has 2 bridgehead atoms. The van der Waals surface area contributed by atoms with E-state index in [2.05, 4.69) is 25.3 Å². The number of rotatable bonds is 2. The van der Waals surface area contributed by atoms with E-state index < -0.39 is 0 Å². The Bertz CT molecular complexity index is 334. The van der Waals surface area contributed by atoms with Crippen molar-refractivity contribution >= 4 is 5.78 Å². The summed E-state index contributed by atoms with van der Waals surface area (Å²) in [4.78, 5) is 12.0. The van der Waals surface area contributed by atoms with Crippen LogP contribution in [0.2, 0.25) is 0 Å². The fourth-order valence-electron chi connectivity index (χ4n) is 4.00. The minimum absolute atomic E-state index is 0.188. The Balaban J connectivity index is 2.02. The number of hydrogen-bond donors (Lipinski definition) is 0. The molecule has 0 aromatic carbocycles. The first-order chi connectivity index (χ1) is 7.27. The van der Waals surface area contributed by atoms with Crippen LogP contribution in [0.4, 0.5) is 0 Å². The predicted molar refractivity (Wildman–Crippen MR) is 60.1 cm³/mol. The third kappa shape index (κ3) is 0.961. The second-order valence-corrected chi connectivity index (χ2v) is 5.03. The zero-order valence-electron chi connectivity index (χ0n) is 8.80. The van der Waals surface area contributed by atoms with Gasteiger partial charge in [-0.1, -0.05) is 24.3 Å². The number of Topliss-reactive ketones (excluding diaryl/α,β-unsaturated/α-hetero) is 1. The minimum atomic E-state index is 0.188. The molecule has 0 radical (unpaired) electrons. The van der Waals surface area contributed by atoms with Crippen LogP contribution in [0.3, 0.4) is 0 Å². The summed E-state index contributed by atoms with van der Waals surface area (Å²) in [7, 11) is 0. The van der Waals surface area contributed by atoms with Gasteiger partial charge in [0.15, 0.2) is 0 Å². The van der Waals surface area contributed by atoms with E-state index in [1.807, 2.05) is 12.2 Å². The van der Waals surface area contributed by atoms with Gasteiger partial charge in [-0.05, 0) is 30.1 Å². The summed E-state index contributed by atoms with van der Waals surface area (Å²) >= 11 is 0. The predicted octanol–water partition coefficient (Wildman–Crippen LogP) is 2.61. The largest absolute Gasteiger partial charge is 0.298 e. The van der Waals surface area contributed by atoms with Crippen LogP contribution in [0.1, 0.15) is 6.42 Å². The number of ketones is 1. The molecule has 1 heteroatoms. The lowest BCUT2D eigenvalue weighted by molar-refractivity contribution is -0.121. The molecular weight excluding hydrogens is 184 g/mol. The van der Waals surface area contributed by atoms with Gasteiger partial charge in [-0.25, -0.2) is 0 Å². The fraction of sp³-hybridized carbons (Fsp3) is 0.500. The van der Waals surface area contributed by atoms with E-state index in [9.17, 15) is 4.79 Å². The maximum Gasteiger partial charge on any atom is 0.147 e. The van der Waals surface area contributed by atoms with E-state index in [1.54, 1.807) is 0 Å². The molecule has 0 saturated heterocycles. The molecule has 3 aliphatic rings. The van der Waals surface area contributed by atoms with E-state index in [-0.39, 0.29) is 11.8 Å². The van der Waals surface area contributed by atoms with E-state index >= 15 is 0 Å². The monoisotopic (exact) mass is 200 g/mol. The first kappa shape index (κ1) is 9.14. The van der Waals surface area contributed by atoms with E-state index in [0.717, 1.165) is 6.42 Å². The smallest absolute Gasteiger partial charge is 0.147 e. The Labute approximate surface area is 90.6 Å². The minimum Gasteiger partial charge on any atom is -0.298 e. The van der Waals surface area contributed by atoms with Crippen LogP contribution in [-0.4, -0.2) is 5.78 Å². The van der Waals surface area contributed by atoms with Gasteiger partial charge in [0.25, 0.3) is 0 Å². The molecule has 0 amide bonds. The highest BCUT2D eigenvalue weighted by Crippen LogP contribution is 2.58. The van der Waals surface area contributed by atoms with Crippen molar-refractivity contribution in [3.63, 3.8) is 0 Å². The molecule has 0 aromatic rings. The summed E-state index contributed by atoms with van der Waals surface area (Å²) in [6.45, 7) is 7.82. The van der Waals surface area contributed by atoms with Crippen molar-refractivity contribution in [1.29, 1.82) is 0 Å². The average Bonchev–Trinajstić information content (AvgIpc) is 2.87. The van der Waals surface area contributed by atoms with Crippen LogP contribution in [0.25, 0.3) is 0 Å². The second kappa shape index (κ2) is 2.94. The molecule has 15 heavy (non-hydrogen) atoms. The van der Waals surface area contributed by atoms with Gasteiger partial charge in [0, 0.05) is 11.8 Å². The van der Waals surface area contributed by atoms with Crippen molar-refractivity contribution in [1.82, 2.24) is 0 Å². The van der Waals surface area contributed by atoms with Crippen molar-refractivity contribution in [3.8, 4) is 0 Å². The number of fused-ring (bicyclic) bond motifs is 5. The quantitative estimate of drug-likeness (QED) is 0.626. The molecule has 0 spiro atoms. The maximum absolute atomic E-state index is 12.0. The Morgan fingerprint density at radius 3 is 1.93 bits per heavy atom. The number of carbonyl (C=O) groups excluding carboxylic acids is 1. The highest BCUT2D eigenvalue weighted by molar-refractivity contribution is 5.92. The highest BCUT2D eigenvalue weighted by atomic mass is 16.1. The first-order valence-electron chi connectivity index (χ1n) is 5.75. The molecule has 0 heterocycles. The Kier molecular flexibility index (Phi) is 1.79. The number of carbonyl (C=O) groups is 1. The zero-order chi connectivity index (χ0) is 10.6. The van der Waals surface area contributed by atoms with Crippen LogP contribution in [0, 0.1) is 35.5 Å². The van der Waals surface area contributed by atoms with Crippen LogP contribution >= 0.6 is 0 Å². The van der Waals surface area contributed by atoms with E-state index in [4.69, 9.17) is 0 Å². The molecule has 3 aliphatic carbocycles. The topological polar surface area (TPSA) is 17.1 Å². The van der Waals surface area contributed by atoms with Crippen LogP contribution < -0.4 is 0 Å². The molecule has 2 saturated carbocycles. The molecule has 0 N–H and O–H groups in total. The second-order valence-electron chi connectivity index (χ2n) is 5.03. The zero-order valence-corrected chi connectivity index (χ0v) is 8.80. The van der Waals surface area contributed by atoms with Crippen LogP contribution in [0.15, 0.2) is 37.5 Å². The van der Waals surface area contributed by atoms with Gasteiger partial charge in [-0.2, -0.15) is 0 Å². The van der Waals surface area contributed by atoms with Gasteiger partial charge in [0.1, 0.15) is 5.78 Å². The van der Waals surface area contributed by atoms with Gasteiger partial charge >= 0.3 is 0 Å². The summed E-state index contributed by atoms with van der Waals surface area (Å²) in [6.07, 6.45) is 9.47. The van der Waals surface area contributed by atoms with Crippen LogP contribution in [0.5, 0.6) is 0 Å². The van der Waals surface area contributed by atoms with Gasteiger partial charge in [-0.3, -0.25) is 4.79 Å². The van der Waals surface area contributed by atoms with Gasteiger partial charge in [0.2, 0.25) is 0 Å². The lowest BCUT2D eigenvalue weighted by Gasteiger charge is -2.24. The molecule has 6 atom stereocenters. The summed E-state index contributed by atoms with van der Waals surface area (Å²) in [5.74, 6) is 2.90. The third-order valence-electron chi connectivity index (χ3n) is 4.60. The van der Waals surface area contributed by atoms with Crippen molar-refractivity contribution in [2.45, 2.75) is 6.42 Å². The molecule has 0 aliphatic heterocycles. The van der Waals surface area contributed by atoms with Crippen molar-refractivity contribution in [2.24, 2.45) is 35.5 Å². The normalized spacial score (nSPS) is 50.8. The maximum atomic E-state index is 12.0. The van der Waals surface area contributed by atoms with Gasteiger partial charge < -0.3 is 0 Å². The lowest BCUT2D eigenvalue weighted by Crippen LogP contribution is -2.20. The standard InChI is InChI=1S/C14H16O/c1-3-8-7-9(4-2)13-11-6-5-10(12(8)13)14(11)15/h3-6,8-13H,1-2,7H2/t8-,9+,10?,11?,12-,13+. The highest BCUT2D eigenvalue weighted by Gasteiger charge is 2.58. The molecule has 0 aromatic heterocycles. The van der Waals surface area contributed by atoms with Crippen LogP contribution in [-0.2, 0) is 4.79 Å². The molecule has 78 valence electrons. The third-order valence-corrected chi connectivity index (χ3v) is 4.60. The van der Waals surface area contributed by atoms with Crippen molar-refractivity contribution < 1.29 is 4.79 Å². The number of hydrogen-bond acceptors (Lipinski definition) is 1. The average molecular weight is 200 g/mol. The van der Waals surface area contributed by atoms with E-state index in [1.165, 1.54) is 0 Å². The van der Waals surface area contributed by atoms with Crippen molar-refractivity contribution in [2.75, 3.05) is 0 Å². The molecule has 2 fully saturated rings. The molecule has 3 rings (SSSR count). The Morgan fingerprint density at radius 2 is 1.53 bits per heavy atom. The summed E-state index contributed by atoms with van der Waals surface area (Å²) in [6, 6.07) is 0. The summed E-state index contributed by atoms with van der Waals surface area (Å²) in [5.41, 5.74) is 0. The molecule has 1 nitrogen and oxygen atoms in total. The van der Waals surface area contributed by atoms with Crippen molar-refractivity contribution in [3.05, 3.63) is 37.5 Å².